The molecule has 0 bridgehead atoms. The lowest BCUT2D eigenvalue weighted by molar-refractivity contribution is 0.199. The van der Waals surface area contributed by atoms with Gasteiger partial charge in [-0.05, 0) is 43.3 Å². The Kier molecular flexibility index (Phi) is 4.34. The van der Waals surface area contributed by atoms with Crippen molar-refractivity contribution in [1.29, 1.82) is 0 Å². The van der Waals surface area contributed by atoms with Gasteiger partial charge in [-0.3, -0.25) is 4.57 Å². The first-order valence-corrected chi connectivity index (χ1v) is 7.03. The Labute approximate surface area is 119 Å². The van der Waals surface area contributed by atoms with E-state index in [4.69, 9.17) is 11.6 Å². The van der Waals surface area contributed by atoms with E-state index >= 15 is 0 Å². The number of aromatic amines is 1. The molecule has 102 valence electrons. The van der Waals surface area contributed by atoms with Gasteiger partial charge in [-0.1, -0.05) is 17.7 Å². The highest BCUT2D eigenvalue weighted by Crippen LogP contribution is 2.33. The van der Waals surface area contributed by atoms with E-state index in [0.29, 0.717) is 16.7 Å². The average Bonchev–Trinajstić information content (AvgIpc) is 2.72. The Morgan fingerprint density at radius 3 is 2.89 bits per heavy atom. The number of aliphatic hydroxyl groups is 1. The molecule has 1 aromatic heterocycles. The highest BCUT2D eigenvalue weighted by Gasteiger charge is 2.12. The summed E-state index contributed by atoms with van der Waals surface area (Å²) in [7, 11) is 0. The molecule has 0 radical (unpaired) electrons. The van der Waals surface area contributed by atoms with Crippen LogP contribution in [0.3, 0.4) is 0 Å². The van der Waals surface area contributed by atoms with Crippen LogP contribution in [0.25, 0.3) is 0 Å². The molecular weight excluding hydrogens is 286 g/mol. The number of nitrogens with one attached hydrogen (secondary N) is 1. The molecule has 1 heterocycles. The molecular formula is C12H14ClN3O2S. The Morgan fingerprint density at radius 1 is 1.58 bits per heavy atom. The molecule has 0 amide bonds. The van der Waals surface area contributed by atoms with Gasteiger partial charge in [-0.15, -0.1) is 5.10 Å². The maximum atomic E-state index is 11.5. The van der Waals surface area contributed by atoms with Crippen molar-refractivity contribution >= 4 is 23.4 Å². The number of benzene rings is 1. The maximum absolute atomic E-state index is 11.5. The first-order valence-electron chi connectivity index (χ1n) is 5.83. The Bertz CT molecular complexity index is 636. The Morgan fingerprint density at radius 2 is 2.32 bits per heavy atom. The van der Waals surface area contributed by atoms with Crippen LogP contribution in [0, 0.1) is 0 Å². The fourth-order valence-electron chi connectivity index (χ4n) is 1.62. The second-order valence-electron chi connectivity index (χ2n) is 4.02. The molecule has 0 saturated heterocycles. The molecule has 1 unspecified atom stereocenters. The number of aromatic nitrogens is 3. The van der Waals surface area contributed by atoms with E-state index < -0.39 is 6.10 Å². The minimum absolute atomic E-state index is 0.235. The van der Waals surface area contributed by atoms with Crippen molar-refractivity contribution < 1.29 is 5.11 Å². The summed E-state index contributed by atoms with van der Waals surface area (Å²) >= 11 is 7.48. The standard InChI is InChI=1S/C12H14ClN3O2S/c1-3-16-11(18)14-15-12(16)19-10-5-4-8(7(2)17)6-9(10)13/h4-7,17H,3H2,1-2H3,(H,14,18). The van der Waals surface area contributed by atoms with Crippen LogP contribution in [-0.4, -0.2) is 19.9 Å². The van der Waals surface area contributed by atoms with Crippen LogP contribution in [0.4, 0.5) is 0 Å². The molecule has 0 spiro atoms. The topological polar surface area (TPSA) is 70.9 Å². The van der Waals surface area contributed by atoms with Crippen molar-refractivity contribution in [3.63, 3.8) is 0 Å². The number of hydrogen-bond donors (Lipinski definition) is 2. The van der Waals surface area contributed by atoms with E-state index in [0.717, 1.165) is 10.5 Å². The van der Waals surface area contributed by atoms with Crippen LogP contribution in [-0.2, 0) is 6.54 Å². The molecule has 5 nitrogen and oxygen atoms in total. The zero-order chi connectivity index (χ0) is 14.0. The second kappa shape index (κ2) is 5.81. The Hall–Kier alpha value is -1.24. The molecule has 0 aliphatic carbocycles. The first kappa shape index (κ1) is 14.2. The SMILES string of the molecule is CCn1c(Sc2ccc(C(C)O)cc2Cl)n[nH]c1=O. The number of halogens is 1. The summed E-state index contributed by atoms with van der Waals surface area (Å²) in [5, 5.41) is 17.0. The highest BCUT2D eigenvalue weighted by atomic mass is 35.5. The maximum Gasteiger partial charge on any atom is 0.343 e. The van der Waals surface area contributed by atoms with Gasteiger partial charge in [-0.25, -0.2) is 9.89 Å². The molecule has 7 heteroatoms. The minimum Gasteiger partial charge on any atom is -0.389 e. The van der Waals surface area contributed by atoms with Crippen molar-refractivity contribution in [3.8, 4) is 0 Å². The highest BCUT2D eigenvalue weighted by molar-refractivity contribution is 7.99. The molecule has 0 aliphatic heterocycles. The van der Waals surface area contributed by atoms with E-state index in [9.17, 15) is 9.90 Å². The fraction of sp³-hybridized carbons (Fsp3) is 0.333. The van der Waals surface area contributed by atoms with Crippen LogP contribution in [0.5, 0.6) is 0 Å². The van der Waals surface area contributed by atoms with E-state index in [2.05, 4.69) is 10.2 Å². The number of hydrogen-bond acceptors (Lipinski definition) is 4. The van der Waals surface area contributed by atoms with Gasteiger partial charge in [0.2, 0.25) is 0 Å². The zero-order valence-electron chi connectivity index (χ0n) is 10.6. The number of aliphatic hydroxyl groups excluding tert-OH is 1. The van der Waals surface area contributed by atoms with Crippen molar-refractivity contribution in [3.05, 3.63) is 39.3 Å². The normalized spacial score (nSPS) is 12.6. The van der Waals surface area contributed by atoms with E-state index in [1.165, 1.54) is 16.3 Å². The van der Waals surface area contributed by atoms with Gasteiger partial charge in [0, 0.05) is 11.4 Å². The van der Waals surface area contributed by atoms with Crippen LogP contribution < -0.4 is 5.69 Å². The molecule has 0 saturated carbocycles. The van der Waals surface area contributed by atoms with Gasteiger partial charge < -0.3 is 5.11 Å². The van der Waals surface area contributed by atoms with Gasteiger partial charge in [-0.2, -0.15) is 0 Å². The van der Waals surface area contributed by atoms with Gasteiger partial charge in [0.05, 0.1) is 11.1 Å². The number of rotatable bonds is 4. The summed E-state index contributed by atoms with van der Waals surface area (Å²) in [6.07, 6.45) is -0.559. The van der Waals surface area contributed by atoms with Crippen LogP contribution in [0.15, 0.2) is 33.0 Å². The van der Waals surface area contributed by atoms with E-state index in [1.807, 2.05) is 13.0 Å². The van der Waals surface area contributed by atoms with E-state index in [1.54, 1.807) is 19.1 Å². The van der Waals surface area contributed by atoms with Crippen LogP contribution in [0.2, 0.25) is 5.02 Å². The summed E-state index contributed by atoms with van der Waals surface area (Å²) in [5.74, 6) is 0. The fourth-order valence-corrected chi connectivity index (χ4v) is 2.83. The third kappa shape index (κ3) is 3.02. The summed E-state index contributed by atoms with van der Waals surface area (Å²) in [5.41, 5.74) is 0.519. The predicted octanol–water partition coefficient (Wildman–Crippen LogP) is 2.45. The molecule has 2 aromatic rings. The van der Waals surface area contributed by atoms with Crippen molar-refractivity contribution in [1.82, 2.24) is 14.8 Å². The monoisotopic (exact) mass is 299 g/mol. The lowest BCUT2D eigenvalue weighted by Gasteiger charge is -2.08. The predicted molar refractivity (Wildman–Crippen MR) is 74.7 cm³/mol. The van der Waals surface area contributed by atoms with Crippen molar-refractivity contribution in [2.45, 2.75) is 36.5 Å². The molecule has 2 N–H and O–H groups in total. The third-order valence-corrected chi connectivity index (χ3v) is 4.17. The van der Waals surface area contributed by atoms with Gasteiger partial charge in [0.25, 0.3) is 0 Å². The molecule has 0 aliphatic rings. The average molecular weight is 300 g/mol. The summed E-state index contributed by atoms with van der Waals surface area (Å²) < 4.78 is 1.53. The smallest absolute Gasteiger partial charge is 0.343 e. The van der Waals surface area contributed by atoms with Gasteiger partial charge in [0.15, 0.2) is 5.16 Å². The van der Waals surface area contributed by atoms with Gasteiger partial charge >= 0.3 is 5.69 Å². The van der Waals surface area contributed by atoms with Crippen molar-refractivity contribution in [2.24, 2.45) is 0 Å². The summed E-state index contributed by atoms with van der Waals surface area (Å²) in [4.78, 5) is 12.2. The molecule has 2 rings (SSSR count). The second-order valence-corrected chi connectivity index (χ2v) is 5.44. The molecule has 1 aromatic carbocycles. The number of nitrogens with zero attached hydrogens (tertiary/aromatic N) is 2. The molecule has 0 fully saturated rings. The first-order chi connectivity index (χ1) is 9.02. The zero-order valence-corrected chi connectivity index (χ0v) is 12.1. The largest absolute Gasteiger partial charge is 0.389 e. The van der Waals surface area contributed by atoms with Crippen molar-refractivity contribution in [2.75, 3.05) is 0 Å². The molecule has 19 heavy (non-hydrogen) atoms. The van der Waals surface area contributed by atoms with E-state index in [-0.39, 0.29) is 5.69 Å². The summed E-state index contributed by atoms with van der Waals surface area (Å²) in [6.45, 7) is 4.10. The molecule has 1 atom stereocenters. The summed E-state index contributed by atoms with van der Waals surface area (Å²) in [6, 6.07) is 5.34. The Balaban J connectivity index is 2.31. The lowest BCUT2D eigenvalue weighted by atomic mass is 10.1. The quantitative estimate of drug-likeness (QED) is 0.910. The van der Waals surface area contributed by atoms with Gasteiger partial charge in [0.1, 0.15) is 0 Å². The lowest BCUT2D eigenvalue weighted by Crippen LogP contribution is -2.16. The minimum atomic E-state index is -0.559. The number of H-pyrrole nitrogens is 1. The van der Waals surface area contributed by atoms with Crippen LogP contribution >= 0.6 is 23.4 Å². The third-order valence-electron chi connectivity index (χ3n) is 2.68. The van der Waals surface area contributed by atoms with Crippen LogP contribution in [0.1, 0.15) is 25.5 Å².